The number of hydrogen-bond donors (Lipinski definition) is 1. The highest BCUT2D eigenvalue weighted by atomic mass is 35.5. The van der Waals surface area contributed by atoms with Gasteiger partial charge in [0, 0.05) is 23.1 Å². The van der Waals surface area contributed by atoms with Crippen LogP contribution in [0.5, 0.6) is 5.88 Å². The van der Waals surface area contributed by atoms with Crippen molar-refractivity contribution >= 4 is 23.4 Å². The van der Waals surface area contributed by atoms with E-state index in [0.29, 0.717) is 5.02 Å². The Morgan fingerprint density at radius 2 is 1.85 bits per heavy atom. The summed E-state index contributed by atoms with van der Waals surface area (Å²) < 4.78 is 43.4. The number of hydrogen-bond acceptors (Lipinski definition) is 5. The van der Waals surface area contributed by atoms with E-state index in [-0.39, 0.29) is 5.56 Å². The van der Waals surface area contributed by atoms with Crippen molar-refractivity contribution in [1.29, 1.82) is 0 Å². The van der Waals surface area contributed by atoms with Crippen molar-refractivity contribution in [3.63, 3.8) is 0 Å². The van der Waals surface area contributed by atoms with Crippen molar-refractivity contribution in [2.24, 2.45) is 0 Å². The van der Waals surface area contributed by atoms with Crippen LogP contribution >= 0.6 is 11.6 Å². The van der Waals surface area contributed by atoms with Crippen LogP contribution in [-0.2, 0) is 11.0 Å². The number of methoxy groups -OCH3 is 1. The molecule has 6 nitrogen and oxygen atoms in total. The average molecular weight is 389 g/mol. The fraction of sp³-hybridized carbons (Fsp3) is 0.250. The summed E-state index contributed by atoms with van der Waals surface area (Å²) in [6.07, 6.45) is -5.49. The Kier molecular flexibility index (Phi) is 5.81. The van der Waals surface area contributed by atoms with Gasteiger partial charge < -0.3 is 9.84 Å². The molecule has 1 aromatic carbocycles. The summed E-state index contributed by atoms with van der Waals surface area (Å²) >= 11 is 5.72. The Labute approximate surface area is 150 Å². The van der Waals surface area contributed by atoms with Crippen LogP contribution in [0.4, 0.5) is 13.2 Å². The summed E-state index contributed by atoms with van der Waals surface area (Å²) in [6, 6.07) is 6.64. The van der Waals surface area contributed by atoms with Gasteiger partial charge in [0.1, 0.15) is 5.92 Å². The van der Waals surface area contributed by atoms with Gasteiger partial charge in [-0.15, -0.1) is 0 Å². The van der Waals surface area contributed by atoms with Gasteiger partial charge in [0.05, 0.1) is 12.8 Å². The van der Waals surface area contributed by atoms with E-state index < -0.39 is 47.7 Å². The Morgan fingerprint density at radius 3 is 2.35 bits per heavy atom. The predicted molar refractivity (Wildman–Crippen MR) is 84.4 cm³/mol. The SMILES string of the molecule is COc1cc(C(CC(=O)c2ccc(Cl)cc2)C(=O)O)nc(C(F)(F)F)n1. The highest BCUT2D eigenvalue weighted by molar-refractivity contribution is 6.30. The van der Waals surface area contributed by atoms with E-state index in [1.165, 1.54) is 24.3 Å². The van der Waals surface area contributed by atoms with Gasteiger partial charge in [-0.3, -0.25) is 9.59 Å². The number of carboxylic acids is 1. The molecule has 0 aliphatic heterocycles. The molecule has 1 heterocycles. The van der Waals surface area contributed by atoms with Crippen molar-refractivity contribution in [3.8, 4) is 5.88 Å². The largest absolute Gasteiger partial charge is 0.481 e. The van der Waals surface area contributed by atoms with Crippen LogP contribution in [0, 0.1) is 0 Å². The van der Waals surface area contributed by atoms with E-state index in [0.717, 1.165) is 13.2 Å². The van der Waals surface area contributed by atoms with Crippen molar-refractivity contribution in [3.05, 3.63) is 52.4 Å². The molecule has 0 aliphatic rings. The molecule has 0 spiro atoms. The first-order valence-electron chi connectivity index (χ1n) is 7.13. The molecule has 0 radical (unpaired) electrons. The summed E-state index contributed by atoms with van der Waals surface area (Å²) in [5.41, 5.74) is -0.295. The zero-order valence-corrected chi connectivity index (χ0v) is 14.0. The Morgan fingerprint density at radius 1 is 1.23 bits per heavy atom. The van der Waals surface area contributed by atoms with Crippen LogP contribution in [0.25, 0.3) is 0 Å². The molecular formula is C16H12ClF3N2O4. The van der Waals surface area contributed by atoms with Crippen molar-refractivity contribution < 1.29 is 32.6 Å². The minimum atomic E-state index is -4.90. The fourth-order valence-corrected chi connectivity index (χ4v) is 2.24. The van der Waals surface area contributed by atoms with Crippen LogP contribution in [0.2, 0.25) is 5.02 Å². The molecule has 0 saturated carbocycles. The van der Waals surface area contributed by atoms with E-state index >= 15 is 0 Å². The Balaban J connectivity index is 2.39. The Hall–Kier alpha value is -2.68. The summed E-state index contributed by atoms with van der Waals surface area (Å²) in [7, 11) is 1.08. The number of Topliss-reactive ketones (excluding diaryl/α,β-unsaturated/α-hetero) is 1. The first-order chi connectivity index (χ1) is 12.1. The van der Waals surface area contributed by atoms with Crippen molar-refractivity contribution in [2.45, 2.75) is 18.5 Å². The second kappa shape index (κ2) is 7.69. The number of rotatable bonds is 6. The third kappa shape index (κ3) is 4.69. The number of aliphatic carboxylic acids is 1. The topological polar surface area (TPSA) is 89.4 Å². The number of benzene rings is 1. The van der Waals surface area contributed by atoms with Gasteiger partial charge in [-0.2, -0.15) is 18.2 Å². The molecule has 2 aromatic rings. The minimum Gasteiger partial charge on any atom is -0.481 e. The number of ketones is 1. The van der Waals surface area contributed by atoms with Gasteiger partial charge in [-0.1, -0.05) is 11.6 Å². The van der Waals surface area contributed by atoms with E-state index in [9.17, 15) is 27.9 Å². The molecule has 2 rings (SSSR count). The normalized spacial score (nSPS) is 12.5. The zero-order valence-electron chi connectivity index (χ0n) is 13.2. The molecule has 26 heavy (non-hydrogen) atoms. The predicted octanol–water partition coefficient (Wildman–Crippen LogP) is 3.60. The summed E-state index contributed by atoms with van der Waals surface area (Å²) in [6.45, 7) is 0. The van der Waals surface area contributed by atoms with Crippen LogP contribution < -0.4 is 4.74 Å². The van der Waals surface area contributed by atoms with Gasteiger partial charge in [-0.05, 0) is 24.3 Å². The lowest BCUT2D eigenvalue weighted by Gasteiger charge is -2.14. The molecular weight excluding hydrogens is 377 g/mol. The van der Waals surface area contributed by atoms with Gasteiger partial charge >= 0.3 is 12.1 Å². The van der Waals surface area contributed by atoms with Crippen molar-refractivity contribution in [1.82, 2.24) is 9.97 Å². The van der Waals surface area contributed by atoms with E-state index in [2.05, 4.69) is 14.7 Å². The standard InChI is InChI=1S/C16H12ClF3N2O4/c1-26-13-7-11(21-15(22-13)16(18,19)20)10(14(24)25)6-12(23)8-2-4-9(17)5-3-8/h2-5,7,10H,6H2,1H3,(H,24,25). The molecule has 1 unspecified atom stereocenters. The lowest BCUT2D eigenvalue weighted by Crippen LogP contribution is -2.21. The highest BCUT2D eigenvalue weighted by Crippen LogP contribution is 2.30. The third-order valence-corrected chi connectivity index (χ3v) is 3.65. The first kappa shape index (κ1) is 19.6. The van der Waals surface area contributed by atoms with Crippen LogP contribution in [0.3, 0.4) is 0 Å². The number of halogens is 4. The van der Waals surface area contributed by atoms with Crippen LogP contribution in [0.1, 0.15) is 34.2 Å². The van der Waals surface area contributed by atoms with E-state index in [1.807, 2.05) is 0 Å². The smallest absolute Gasteiger partial charge is 0.451 e. The van der Waals surface area contributed by atoms with Gasteiger partial charge in [-0.25, -0.2) is 4.98 Å². The Bertz CT molecular complexity index is 825. The second-order valence-electron chi connectivity index (χ2n) is 5.18. The first-order valence-corrected chi connectivity index (χ1v) is 7.51. The maximum Gasteiger partial charge on any atom is 0.451 e. The van der Waals surface area contributed by atoms with Gasteiger partial charge in [0.15, 0.2) is 5.78 Å². The molecule has 138 valence electrons. The number of carbonyl (C=O) groups excluding carboxylic acids is 1. The lowest BCUT2D eigenvalue weighted by molar-refractivity contribution is -0.146. The maximum atomic E-state index is 12.9. The quantitative estimate of drug-likeness (QED) is 0.760. The van der Waals surface area contributed by atoms with E-state index in [1.54, 1.807) is 0 Å². The van der Waals surface area contributed by atoms with E-state index in [4.69, 9.17) is 11.6 Å². The number of nitrogens with zero attached hydrogens (tertiary/aromatic N) is 2. The number of aromatic nitrogens is 2. The zero-order chi connectivity index (χ0) is 19.5. The minimum absolute atomic E-state index is 0.178. The van der Waals surface area contributed by atoms with Gasteiger partial charge in [0.2, 0.25) is 11.7 Å². The monoisotopic (exact) mass is 388 g/mol. The van der Waals surface area contributed by atoms with Crippen molar-refractivity contribution in [2.75, 3.05) is 7.11 Å². The summed E-state index contributed by atoms with van der Waals surface area (Å²) in [5, 5.41) is 9.75. The molecule has 0 aliphatic carbocycles. The molecule has 1 atom stereocenters. The van der Waals surface area contributed by atoms with Gasteiger partial charge in [0.25, 0.3) is 0 Å². The molecule has 1 aromatic heterocycles. The highest BCUT2D eigenvalue weighted by Gasteiger charge is 2.37. The second-order valence-corrected chi connectivity index (χ2v) is 5.62. The number of carbonyl (C=O) groups is 2. The van der Waals surface area contributed by atoms with Crippen LogP contribution in [0.15, 0.2) is 30.3 Å². The third-order valence-electron chi connectivity index (χ3n) is 3.40. The maximum absolute atomic E-state index is 12.9. The van der Waals surface area contributed by atoms with Crippen LogP contribution in [-0.4, -0.2) is 33.9 Å². The summed E-state index contributed by atoms with van der Waals surface area (Å²) in [5.74, 6) is -5.68. The summed E-state index contributed by atoms with van der Waals surface area (Å²) in [4.78, 5) is 30.2. The molecule has 0 amide bonds. The number of ether oxygens (including phenoxy) is 1. The fourth-order valence-electron chi connectivity index (χ4n) is 2.11. The number of carboxylic acid groups (broad SMARTS) is 1. The molecule has 0 saturated heterocycles. The molecule has 0 bridgehead atoms. The molecule has 0 fully saturated rings. The molecule has 10 heteroatoms. The molecule has 1 N–H and O–H groups in total. The average Bonchev–Trinajstić information content (AvgIpc) is 2.58. The lowest BCUT2D eigenvalue weighted by atomic mass is 9.95. The number of alkyl halides is 3.